The summed E-state index contributed by atoms with van der Waals surface area (Å²) in [4.78, 5) is 15.2. The van der Waals surface area contributed by atoms with Gasteiger partial charge in [0.15, 0.2) is 0 Å². The molecule has 1 saturated heterocycles. The number of hydrogen-bond acceptors (Lipinski definition) is 2. The molecule has 1 aliphatic heterocycles. The van der Waals surface area contributed by atoms with Crippen LogP contribution in [-0.2, 0) is 4.79 Å². The molecule has 0 unspecified atom stereocenters. The van der Waals surface area contributed by atoms with E-state index in [1.807, 2.05) is 12.1 Å². The van der Waals surface area contributed by atoms with Crippen LogP contribution in [0.3, 0.4) is 0 Å². The van der Waals surface area contributed by atoms with Crippen LogP contribution < -0.4 is 5.32 Å². The number of aromatic nitrogens is 1. The molecule has 1 N–H and O–H groups in total. The molecule has 0 spiro atoms. The van der Waals surface area contributed by atoms with Gasteiger partial charge in [-0.3, -0.25) is 9.78 Å². The molecule has 1 aromatic heterocycles. The molecule has 0 radical (unpaired) electrons. The monoisotopic (exact) mass is 162 g/mol. The summed E-state index contributed by atoms with van der Waals surface area (Å²) in [5.41, 5.74) is 1.02. The Morgan fingerprint density at radius 3 is 3.08 bits per heavy atom. The summed E-state index contributed by atoms with van der Waals surface area (Å²) in [5, 5.41) is 2.80. The summed E-state index contributed by atoms with van der Waals surface area (Å²) in [7, 11) is 0. The molecule has 12 heavy (non-hydrogen) atoms. The van der Waals surface area contributed by atoms with E-state index in [0.717, 1.165) is 18.5 Å². The summed E-state index contributed by atoms with van der Waals surface area (Å²) < 4.78 is 0. The van der Waals surface area contributed by atoms with Crippen molar-refractivity contribution in [3.05, 3.63) is 30.1 Å². The van der Waals surface area contributed by atoms with Gasteiger partial charge in [-0.1, -0.05) is 6.07 Å². The minimum absolute atomic E-state index is 0.0266. The highest BCUT2D eigenvalue weighted by Gasteiger charge is 2.25. The van der Waals surface area contributed by atoms with Crippen LogP contribution in [0, 0.1) is 0 Å². The zero-order valence-corrected chi connectivity index (χ0v) is 6.66. The number of carbonyl (C=O) groups is 1. The molecule has 3 nitrogen and oxygen atoms in total. The highest BCUT2D eigenvalue weighted by atomic mass is 16.2. The van der Waals surface area contributed by atoms with Crippen LogP contribution in [0.15, 0.2) is 24.5 Å². The lowest BCUT2D eigenvalue weighted by Crippen LogP contribution is -2.17. The second-order valence-corrected chi connectivity index (χ2v) is 2.92. The van der Waals surface area contributed by atoms with Crippen molar-refractivity contribution in [3.63, 3.8) is 0 Å². The fourth-order valence-electron chi connectivity index (χ4n) is 1.49. The molecule has 0 bridgehead atoms. The molecule has 0 aromatic carbocycles. The van der Waals surface area contributed by atoms with Gasteiger partial charge in [-0.15, -0.1) is 0 Å². The first-order valence-corrected chi connectivity index (χ1v) is 4.05. The maximum Gasteiger partial charge on any atom is 0.227 e. The van der Waals surface area contributed by atoms with E-state index in [-0.39, 0.29) is 11.8 Å². The topological polar surface area (TPSA) is 42.0 Å². The van der Waals surface area contributed by atoms with E-state index in [1.54, 1.807) is 12.4 Å². The Kier molecular flexibility index (Phi) is 1.78. The van der Waals surface area contributed by atoms with Gasteiger partial charge in [-0.05, 0) is 18.1 Å². The summed E-state index contributed by atoms with van der Waals surface area (Å²) in [6.07, 6.45) is 4.37. The second kappa shape index (κ2) is 2.93. The highest BCUT2D eigenvalue weighted by Crippen LogP contribution is 2.21. The summed E-state index contributed by atoms with van der Waals surface area (Å²) >= 11 is 0. The van der Waals surface area contributed by atoms with Crippen molar-refractivity contribution in [2.24, 2.45) is 0 Å². The summed E-state index contributed by atoms with van der Waals surface area (Å²) in [5.74, 6) is 0.154. The van der Waals surface area contributed by atoms with Crippen LogP contribution in [0.5, 0.6) is 0 Å². The zero-order chi connectivity index (χ0) is 8.39. The smallest absolute Gasteiger partial charge is 0.227 e. The lowest BCUT2D eigenvalue weighted by molar-refractivity contribution is -0.120. The first kappa shape index (κ1) is 7.28. The standard InChI is InChI=1S/C9H10N2O/c12-9-8(3-5-11-9)7-2-1-4-10-6-7/h1-2,4,6,8H,3,5H2,(H,11,12)/t8-/m0/s1. The number of rotatable bonds is 1. The van der Waals surface area contributed by atoms with E-state index in [4.69, 9.17) is 0 Å². The van der Waals surface area contributed by atoms with Crippen molar-refractivity contribution in [2.45, 2.75) is 12.3 Å². The van der Waals surface area contributed by atoms with Gasteiger partial charge in [0.1, 0.15) is 0 Å². The molecular formula is C9H10N2O. The largest absolute Gasteiger partial charge is 0.356 e. The zero-order valence-electron chi connectivity index (χ0n) is 6.66. The molecule has 62 valence electrons. The van der Waals surface area contributed by atoms with Gasteiger partial charge in [-0.2, -0.15) is 0 Å². The quantitative estimate of drug-likeness (QED) is 0.660. The highest BCUT2D eigenvalue weighted by molar-refractivity contribution is 5.85. The molecule has 1 aromatic rings. The predicted octanol–water partition coefficient (Wildman–Crippen LogP) is 0.685. The molecule has 0 aliphatic carbocycles. The number of pyridine rings is 1. The molecule has 1 fully saturated rings. The van der Waals surface area contributed by atoms with E-state index >= 15 is 0 Å². The number of carbonyl (C=O) groups excluding carboxylic acids is 1. The molecule has 0 saturated carbocycles. The van der Waals surface area contributed by atoms with Crippen molar-refractivity contribution in [1.29, 1.82) is 0 Å². The number of hydrogen-bond donors (Lipinski definition) is 1. The van der Waals surface area contributed by atoms with E-state index in [9.17, 15) is 4.79 Å². The Balaban J connectivity index is 2.25. The summed E-state index contributed by atoms with van der Waals surface area (Å²) in [6.45, 7) is 0.790. The van der Waals surface area contributed by atoms with Crippen LogP contribution in [0.4, 0.5) is 0 Å². The Labute approximate surface area is 70.8 Å². The molecular weight excluding hydrogens is 152 g/mol. The third-order valence-electron chi connectivity index (χ3n) is 2.14. The Morgan fingerprint density at radius 1 is 1.58 bits per heavy atom. The number of nitrogens with one attached hydrogen (secondary N) is 1. The predicted molar refractivity (Wildman–Crippen MR) is 44.6 cm³/mol. The molecule has 1 aliphatic rings. The van der Waals surface area contributed by atoms with Crippen molar-refractivity contribution in [2.75, 3.05) is 6.54 Å². The minimum atomic E-state index is 0.0266. The van der Waals surface area contributed by atoms with Crippen LogP contribution in [-0.4, -0.2) is 17.4 Å². The first-order chi connectivity index (χ1) is 5.88. The maximum atomic E-state index is 11.2. The van der Waals surface area contributed by atoms with Gasteiger partial charge in [0.25, 0.3) is 0 Å². The lowest BCUT2D eigenvalue weighted by atomic mass is 10.00. The maximum absolute atomic E-state index is 11.2. The van der Waals surface area contributed by atoms with Crippen molar-refractivity contribution in [3.8, 4) is 0 Å². The fraction of sp³-hybridized carbons (Fsp3) is 0.333. The Hall–Kier alpha value is -1.38. The minimum Gasteiger partial charge on any atom is -0.356 e. The van der Waals surface area contributed by atoms with Gasteiger partial charge < -0.3 is 5.32 Å². The molecule has 1 atom stereocenters. The SMILES string of the molecule is O=C1NCC[C@H]1c1cccnc1. The third-order valence-corrected chi connectivity index (χ3v) is 2.14. The van der Waals surface area contributed by atoms with Gasteiger partial charge in [0, 0.05) is 18.9 Å². The van der Waals surface area contributed by atoms with Crippen molar-refractivity contribution in [1.82, 2.24) is 10.3 Å². The van der Waals surface area contributed by atoms with E-state index in [1.165, 1.54) is 0 Å². The molecule has 1 amide bonds. The van der Waals surface area contributed by atoms with Gasteiger partial charge in [-0.25, -0.2) is 0 Å². The second-order valence-electron chi connectivity index (χ2n) is 2.92. The van der Waals surface area contributed by atoms with Crippen molar-refractivity contribution >= 4 is 5.91 Å². The average Bonchev–Trinajstić information content (AvgIpc) is 2.53. The number of nitrogens with zero attached hydrogens (tertiary/aromatic N) is 1. The Morgan fingerprint density at radius 2 is 2.50 bits per heavy atom. The normalized spacial score (nSPS) is 22.3. The Bertz CT molecular complexity index is 284. The van der Waals surface area contributed by atoms with Crippen LogP contribution in [0.1, 0.15) is 17.9 Å². The van der Waals surface area contributed by atoms with Gasteiger partial charge in [0.05, 0.1) is 5.92 Å². The molecule has 3 heteroatoms. The molecule has 2 rings (SSSR count). The van der Waals surface area contributed by atoms with Gasteiger partial charge >= 0.3 is 0 Å². The fourth-order valence-corrected chi connectivity index (χ4v) is 1.49. The molecule has 2 heterocycles. The van der Waals surface area contributed by atoms with E-state index < -0.39 is 0 Å². The van der Waals surface area contributed by atoms with E-state index in [0.29, 0.717) is 0 Å². The van der Waals surface area contributed by atoms with Crippen LogP contribution in [0.25, 0.3) is 0 Å². The number of amides is 1. The van der Waals surface area contributed by atoms with Crippen molar-refractivity contribution < 1.29 is 4.79 Å². The van der Waals surface area contributed by atoms with E-state index in [2.05, 4.69) is 10.3 Å². The third kappa shape index (κ3) is 1.18. The summed E-state index contributed by atoms with van der Waals surface area (Å²) in [6, 6.07) is 3.81. The average molecular weight is 162 g/mol. The first-order valence-electron chi connectivity index (χ1n) is 4.05. The van der Waals surface area contributed by atoms with Gasteiger partial charge in [0.2, 0.25) is 5.91 Å². The van der Waals surface area contributed by atoms with Crippen LogP contribution in [0.2, 0.25) is 0 Å². The van der Waals surface area contributed by atoms with Crippen LogP contribution >= 0.6 is 0 Å². The lowest BCUT2D eigenvalue weighted by Gasteiger charge is -2.04.